The average molecular weight is 226 g/mol. The minimum atomic E-state index is 0.0510. The number of hydrogen-bond acceptors (Lipinski definition) is 3. The highest BCUT2D eigenvalue weighted by molar-refractivity contribution is 5.79. The van der Waals surface area contributed by atoms with Gasteiger partial charge in [-0.05, 0) is 38.5 Å². The third kappa shape index (κ3) is 2.74. The number of nitrogens with one attached hydrogen (secondary N) is 1. The molecule has 2 aliphatic rings. The van der Waals surface area contributed by atoms with Crippen LogP contribution in [0.5, 0.6) is 0 Å². The standard InChI is InChI=1S/C12H22N2O2/c1-8-11(4-5-16-8)12(15)14-7-9-2-3-10(13)6-9/h8-11H,2-7,13H2,1H3,(H,14,15). The molecule has 4 heteroatoms. The van der Waals surface area contributed by atoms with Crippen LogP contribution in [0.15, 0.2) is 0 Å². The van der Waals surface area contributed by atoms with Crippen molar-refractivity contribution in [3.63, 3.8) is 0 Å². The van der Waals surface area contributed by atoms with Crippen LogP contribution >= 0.6 is 0 Å². The third-order valence-corrected chi connectivity index (χ3v) is 3.86. The van der Waals surface area contributed by atoms with E-state index in [1.807, 2.05) is 6.92 Å². The van der Waals surface area contributed by atoms with Crippen LogP contribution in [-0.2, 0) is 9.53 Å². The quantitative estimate of drug-likeness (QED) is 0.743. The highest BCUT2D eigenvalue weighted by Gasteiger charge is 2.31. The zero-order valence-corrected chi connectivity index (χ0v) is 9.95. The van der Waals surface area contributed by atoms with E-state index in [1.165, 1.54) is 0 Å². The summed E-state index contributed by atoms with van der Waals surface area (Å²) >= 11 is 0. The van der Waals surface area contributed by atoms with E-state index < -0.39 is 0 Å². The zero-order chi connectivity index (χ0) is 11.5. The maximum absolute atomic E-state index is 11.9. The van der Waals surface area contributed by atoms with Gasteiger partial charge >= 0.3 is 0 Å². The topological polar surface area (TPSA) is 64.3 Å². The van der Waals surface area contributed by atoms with Crippen LogP contribution in [0.3, 0.4) is 0 Å². The smallest absolute Gasteiger partial charge is 0.225 e. The van der Waals surface area contributed by atoms with E-state index in [4.69, 9.17) is 10.5 Å². The van der Waals surface area contributed by atoms with Gasteiger partial charge in [0.25, 0.3) is 0 Å². The van der Waals surface area contributed by atoms with Gasteiger partial charge in [0.1, 0.15) is 0 Å². The molecular formula is C12H22N2O2. The second-order valence-electron chi connectivity index (χ2n) is 5.16. The van der Waals surface area contributed by atoms with Crippen LogP contribution < -0.4 is 11.1 Å². The summed E-state index contributed by atoms with van der Waals surface area (Å²) in [4.78, 5) is 11.9. The number of carbonyl (C=O) groups excluding carboxylic acids is 1. The molecule has 4 nitrogen and oxygen atoms in total. The van der Waals surface area contributed by atoms with Crippen molar-refractivity contribution in [3.8, 4) is 0 Å². The molecule has 1 aliphatic heterocycles. The second-order valence-corrected chi connectivity index (χ2v) is 5.16. The maximum atomic E-state index is 11.9. The molecule has 2 rings (SSSR count). The average Bonchev–Trinajstić information content (AvgIpc) is 2.84. The maximum Gasteiger partial charge on any atom is 0.225 e. The number of nitrogens with two attached hydrogens (primary N) is 1. The summed E-state index contributed by atoms with van der Waals surface area (Å²) < 4.78 is 5.39. The molecule has 1 saturated heterocycles. The predicted octanol–water partition coefficient (Wildman–Crippen LogP) is 0.655. The molecule has 1 amide bonds. The SMILES string of the molecule is CC1OCCC1C(=O)NCC1CCC(N)C1. The van der Waals surface area contributed by atoms with Crippen LogP contribution in [0.25, 0.3) is 0 Å². The van der Waals surface area contributed by atoms with Crippen LogP contribution in [0.4, 0.5) is 0 Å². The van der Waals surface area contributed by atoms with Crippen molar-refractivity contribution in [2.24, 2.45) is 17.6 Å². The molecule has 0 spiro atoms. The first-order chi connectivity index (χ1) is 7.66. The first kappa shape index (κ1) is 11.9. The van der Waals surface area contributed by atoms with E-state index in [2.05, 4.69) is 5.32 Å². The predicted molar refractivity (Wildman–Crippen MR) is 61.8 cm³/mol. The lowest BCUT2D eigenvalue weighted by Gasteiger charge is -2.16. The van der Waals surface area contributed by atoms with Gasteiger partial charge in [-0.1, -0.05) is 0 Å². The van der Waals surface area contributed by atoms with E-state index in [9.17, 15) is 4.79 Å². The summed E-state index contributed by atoms with van der Waals surface area (Å²) in [6.07, 6.45) is 4.24. The zero-order valence-electron chi connectivity index (χ0n) is 9.95. The van der Waals surface area contributed by atoms with E-state index in [0.29, 0.717) is 18.6 Å². The molecule has 4 atom stereocenters. The Labute approximate surface area is 96.9 Å². The van der Waals surface area contributed by atoms with Crippen molar-refractivity contribution in [1.82, 2.24) is 5.32 Å². The minimum absolute atomic E-state index is 0.0510. The highest BCUT2D eigenvalue weighted by atomic mass is 16.5. The van der Waals surface area contributed by atoms with Gasteiger partial charge in [0.05, 0.1) is 12.0 Å². The fraction of sp³-hybridized carbons (Fsp3) is 0.917. The van der Waals surface area contributed by atoms with E-state index in [1.54, 1.807) is 0 Å². The van der Waals surface area contributed by atoms with Gasteiger partial charge in [-0.15, -0.1) is 0 Å². The molecule has 0 aromatic rings. The van der Waals surface area contributed by atoms with Crippen molar-refractivity contribution >= 4 is 5.91 Å². The lowest BCUT2D eigenvalue weighted by Crippen LogP contribution is -2.36. The van der Waals surface area contributed by atoms with Crippen molar-refractivity contribution in [2.75, 3.05) is 13.2 Å². The monoisotopic (exact) mass is 226 g/mol. The Morgan fingerprint density at radius 2 is 2.25 bits per heavy atom. The largest absolute Gasteiger partial charge is 0.378 e. The fourth-order valence-corrected chi connectivity index (χ4v) is 2.75. The summed E-state index contributed by atoms with van der Waals surface area (Å²) in [5.41, 5.74) is 5.84. The Kier molecular flexibility index (Phi) is 3.82. The van der Waals surface area contributed by atoms with Crippen molar-refractivity contribution in [1.29, 1.82) is 0 Å². The van der Waals surface area contributed by atoms with E-state index in [-0.39, 0.29) is 17.9 Å². The highest BCUT2D eigenvalue weighted by Crippen LogP contribution is 2.24. The molecule has 1 saturated carbocycles. The Bertz CT molecular complexity index is 257. The third-order valence-electron chi connectivity index (χ3n) is 3.86. The number of ether oxygens (including phenoxy) is 1. The number of amides is 1. The first-order valence-corrected chi connectivity index (χ1v) is 6.31. The van der Waals surface area contributed by atoms with Gasteiger partial charge in [-0.25, -0.2) is 0 Å². The van der Waals surface area contributed by atoms with Gasteiger partial charge in [0, 0.05) is 19.2 Å². The number of hydrogen-bond donors (Lipinski definition) is 2. The Balaban J connectivity index is 1.71. The molecular weight excluding hydrogens is 204 g/mol. The molecule has 0 aromatic heterocycles. The lowest BCUT2D eigenvalue weighted by molar-refractivity contribution is -0.126. The summed E-state index contributed by atoms with van der Waals surface area (Å²) in [7, 11) is 0. The minimum Gasteiger partial charge on any atom is -0.378 e. The second kappa shape index (κ2) is 5.15. The van der Waals surface area contributed by atoms with E-state index in [0.717, 1.165) is 32.2 Å². The first-order valence-electron chi connectivity index (χ1n) is 6.31. The van der Waals surface area contributed by atoms with E-state index >= 15 is 0 Å². The summed E-state index contributed by atoms with van der Waals surface area (Å²) in [6.45, 7) is 3.48. The fourth-order valence-electron chi connectivity index (χ4n) is 2.75. The molecule has 3 N–H and O–H groups in total. The lowest BCUT2D eigenvalue weighted by atomic mass is 10.0. The summed E-state index contributed by atoms with van der Waals surface area (Å²) in [5, 5.41) is 3.04. The molecule has 1 heterocycles. The van der Waals surface area contributed by atoms with Gasteiger partial charge in [0.15, 0.2) is 0 Å². The van der Waals surface area contributed by atoms with Gasteiger partial charge in [-0.3, -0.25) is 4.79 Å². The summed E-state index contributed by atoms with van der Waals surface area (Å²) in [6, 6.07) is 0.343. The van der Waals surface area contributed by atoms with Crippen molar-refractivity contribution < 1.29 is 9.53 Å². The molecule has 0 radical (unpaired) electrons. The molecule has 2 fully saturated rings. The number of carbonyl (C=O) groups is 1. The number of rotatable bonds is 3. The Morgan fingerprint density at radius 1 is 1.44 bits per heavy atom. The normalized spacial score (nSPS) is 38.9. The van der Waals surface area contributed by atoms with Gasteiger partial charge < -0.3 is 15.8 Å². The van der Waals surface area contributed by atoms with Crippen LogP contribution in [-0.4, -0.2) is 31.2 Å². The van der Waals surface area contributed by atoms with Crippen LogP contribution in [0.1, 0.15) is 32.6 Å². The Morgan fingerprint density at radius 3 is 2.81 bits per heavy atom. The van der Waals surface area contributed by atoms with Gasteiger partial charge in [0.2, 0.25) is 5.91 Å². The Hall–Kier alpha value is -0.610. The molecule has 16 heavy (non-hydrogen) atoms. The van der Waals surface area contributed by atoms with Gasteiger partial charge in [-0.2, -0.15) is 0 Å². The molecule has 1 aliphatic carbocycles. The van der Waals surface area contributed by atoms with Crippen molar-refractivity contribution in [2.45, 2.75) is 44.8 Å². The van der Waals surface area contributed by atoms with Crippen LogP contribution in [0.2, 0.25) is 0 Å². The van der Waals surface area contributed by atoms with Crippen LogP contribution in [0, 0.1) is 11.8 Å². The molecule has 4 unspecified atom stereocenters. The molecule has 0 aromatic carbocycles. The molecule has 0 bridgehead atoms. The summed E-state index contributed by atoms with van der Waals surface area (Å²) in [5.74, 6) is 0.789. The molecule has 92 valence electrons. The van der Waals surface area contributed by atoms with Crippen molar-refractivity contribution in [3.05, 3.63) is 0 Å².